The molecule has 140 valence electrons. The number of rotatable bonds is 3. The Morgan fingerprint density at radius 1 is 1.07 bits per heavy atom. The highest BCUT2D eigenvalue weighted by atomic mass is 35.5. The van der Waals surface area contributed by atoms with Crippen LogP contribution in [0.4, 0.5) is 5.69 Å². The molecule has 0 bridgehead atoms. The van der Waals surface area contributed by atoms with Crippen molar-refractivity contribution < 1.29 is 14.7 Å². The highest BCUT2D eigenvalue weighted by molar-refractivity contribution is 7.80. The van der Waals surface area contributed by atoms with Gasteiger partial charge in [-0.15, -0.1) is 11.3 Å². The lowest BCUT2D eigenvalue weighted by atomic mass is 10.2. The van der Waals surface area contributed by atoms with E-state index < -0.39 is 11.9 Å². The molecule has 8 heteroatoms. The molecule has 0 aliphatic rings. The van der Waals surface area contributed by atoms with Crippen molar-refractivity contribution in [1.29, 1.82) is 0 Å². The van der Waals surface area contributed by atoms with Gasteiger partial charge in [-0.2, -0.15) is 0 Å². The lowest BCUT2D eigenvalue weighted by molar-refractivity contribution is 0.0696. The summed E-state index contributed by atoms with van der Waals surface area (Å²) >= 11 is 12.7. The molecule has 2 aromatic carbocycles. The summed E-state index contributed by atoms with van der Waals surface area (Å²) in [5, 5.41) is 15.6. The summed E-state index contributed by atoms with van der Waals surface area (Å²) in [7, 11) is 0. The van der Waals surface area contributed by atoms with Gasteiger partial charge in [-0.05, 0) is 42.5 Å². The third-order valence-corrected chi connectivity index (χ3v) is 5.24. The predicted octanol–water partition coefficient (Wildman–Crippen LogP) is 5.41. The number of thiocarbonyl (C=S) groups is 1. The Bertz CT molecular complexity index is 984. The standard InChI is InChI=1S/C17H11ClN2O3S2.C2H6/c18-13-11-3-1-2-4-12(11)25-14(13)15(21)20-17(24)19-10-7-5-9(6-8-10)16(22)23;1-2/h1-8H,(H,22,23)(H2,19,20,21,24);1-2H3. The van der Waals surface area contributed by atoms with Crippen LogP contribution in [0.3, 0.4) is 0 Å². The molecule has 0 aliphatic carbocycles. The fraction of sp³-hybridized carbons (Fsp3) is 0.105. The average molecular weight is 421 g/mol. The van der Waals surface area contributed by atoms with E-state index in [4.69, 9.17) is 28.9 Å². The molecule has 3 N–H and O–H groups in total. The fourth-order valence-corrected chi connectivity index (χ4v) is 3.80. The number of carbonyl (C=O) groups excluding carboxylic acids is 1. The molecule has 5 nitrogen and oxygen atoms in total. The second-order valence-corrected chi connectivity index (χ2v) is 6.87. The Hall–Kier alpha value is -2.48. The summed E-state index contributed by atoms with van der Waals surface area (Å²) in [6.07, 6.45) is 0. The lowest BCUT2D eigenvalue weighted by Crippen LogP contribution is -2.33. The number of fused-ring (bicyclic) bond motifs is 1. The number of anilines is 1. The molecule has 1 heterocycles. The molecular weight excluding hydrogens is 404 g/mol. The van der Waals surface area contributed by atoms with Gasteiger partial charge in [-0.1, -0.05) is 43.6 Å². The zero-order valence-electron chi connectivity index (χ0n) is 14.6. The minimum Gasteiger partial charge on any atom is -0.478 e. The van der Waals surface area contributed by atoms with Crippen molar-refractivity contribution in [3.05, 3.63) is 64.0 Å². The molecule has 0 aliphatic heterocycles. The molecule has 0 radical (unpaired) electrons. The summed E-state index contributed by atoms with van der Waals surface area (Å²) in [6.45, 7) is 4.00. The summed E-state index contributed by atoms with van der Waals surface area (Å²) in [5.41, 5.74) is 0.732. The number of nitrogens with one attached hydrogen (secondary N) is 2. The number of carboxylic acid groups (broad SMARTS) is 1. The van der Waals surface area contributed by atoms with Gasteiger partial charge in [0, 0.05) is 15.8 Å². The zero-order chi connectivity index (χ0) is 20.0. The number of carbonyl (C=O) groups is 2. The summed E-state index contributed by atoms with van der Waals surface area (Å²) in [4.78, 5) is 23.6. The van der Waals surface area contributed by atoms with E-state index in [2.05, 4.69) is 10.6 Å². The van der Waals surface area contributed by atoms with Crippen LogP contribution in [0.5, 0.6) is 0 Å². The number of hydrogen-bond donors (Lipinski definition) is 3. The normalized spacial score (nSPS) is 9.89. The molecule has 0 saturated heterocycles. The molecule has 0 atom stereocenters. The van der Waals surface area contributed by atoms with Crippen LogP contribution in [0.25, 0.3) is 10.1 Å². The van der Waals surface area contributed by atoms with Gasteiger partial charge < -0.3 is 10.4 Å². The van der Waals surface area contributed by atoms with Crippen LogP contribution >= 0.6 is 35.2 Å². The maximum absolute atomic E-state index is 12.4. The minimum absolute atomic E-state index is 0.0987. The number of hydrogen-bond acceptors (Lipinski definition) is 4. The smallest absolute Gasteiger partial charge is 0.335 e. The Morgan fingerprint density at radius 2 is 1.70 bits per heavy atom. The number of thiophene rings is 1. The Kier molecular flexibility index (Phi) is 7.29. The first-order chi connectivity index (χ1) is 13.0. The van der Waals surface area contributed by atoms with Gasteiger partial charge in [0.2, 0.25) is 0 Å². The van der Waals surface area contributed by atoms with Gasteiger partial charge >= 0.3 is 5.97 Å². The summed E-state index contributed by atoms with van der Waals surface area (Å²) in [6, 6.07) is 13.5. The van der Waals surface area contributed by atoms with Crippen LogP contribution in [-0.2, 0) is 0 Å². The van der Waals surface area contributed by atoms with Gasteiger partial charge in [0.25, 0.3) is 5.91 Å². The first-order valence-electron chi connectivity index (χ1n) is 8.08. The van der Waals surface area contributed by atoms with Crippen LogP contribution in [-0.4, -0.2) is 22.1 Å². The number of halogens is 1. The first-order valence-corrected chi connectivity index (χ1v) is 9.68. The highest BCUT2D eigenvalue weighted by Crippen LogP contribution is 2.34. The van der Waals surface area contributed by atoms with E-state index in [9.17, 15) is 9.59 Å². The predicted molar refractivity (Wildman–Crippen MR) is 115 cm³/mol. The van der Waals surface area contributed by atoms with Gasteiger partial charge in [-0.25, -0.2) is 4.79 Å². The third-order valence-electron chi connectivity index (χ3n) is 3.36. The van der Waals surface area contributed by atoms with E-state index in [0.29, 0.717) is 15.6 Å². The molecule has 0 saturated carbocycles. The lowest BCUT2D eigenvalue weighted by Gasteiger charge is -2.09. The number of carboxylic acids is 1. The van der Waals surface area contributed by atoms with Crippen molar-refractivity contribution in [1.82, 2.24) is 5.32 Å². The van der Waals surface area contributed by atoms with Gasteiger partial charge in [0.05, 0.1) is 10.6 Å². The van der Waals surface area contributed by atoms with Crippen LogP contribution in [0.15, 0.2) is 48.5 Å². The van der Waals surface area contributed by atoms with E-state index in [1.165, 1.54) is 23.5 Å². The maximum atomic E-state index is 12.4. The molecule has 3 rings (SSSR count). The van der Waals surface area contributed by atoms with Crippen molar-refractivity contribution in [2.75, 3.05) is 5.32 Å². The molecule has 0 fully saturated rings. The maximum Gasteiger partial charge on any atom is 0.335 e. The van der Waals surface area contributed by atoms with Gasteiger partial charge in [0.15, 0.2) is 5.11 Å². The number of aromatic carboxylic acids is 1. The van der Waals surface area contributed by atoms with Crippen LogP contribution in [0.2, 0.25) is 5.02 Å². The van der Waals surface area contributed by atoms with E-state index in [-0.39, 0.29) is 10.7 Å². The van der Waals surface area contributed by atoms with Crippen molar-refractivity contribution in [2.45, 2.75) is 13.8 Å². The summed E-state index contributed by atoms with van der Waals surface area (Å²) in [5.74, 6) is -1.41. The molecular formula is C19H17ClN2O3S2. The van der Waals surface area contributed by atoms with Crippen molar-refractivity contribution in [3.8, 4) is 0 Å². The molecule has 27 heavy (non-hydrogen) atoms. The number of benzene rings is 2. The SMILES string of the molecule is CC.O=C(O)c1ccc(NC(=S)NC(=O)c2sc3ccccc3c2Cl)cc1. The van der Waals surface area contributed by atoms with Crippen molar-refractivity contribution in [3.63, 3.8) is 0 Å². The fourth-order valence-electron chi connectivity index (χ4n) is 2.18. The second-order valence-electron chi connectivity index (χ2n) is 5.03. The van der Waals surface area contributed by atoms with Crippen LogP contribution in [0, 0.1) is 0 Å². The zero-order valence-corrected chi connectivity index (χ0v) is 17.0. The largest absolute Gasteiger partial charge is 0.478 e. The van der Waals surface area contributed by atoms with Crippen molar-refractivity contribution >= 4 is 67.9 Å². The minimum atomic E-state index is -1.01. The monoisotopic (exact) mass is 420 g/mol. The third kappa shape index (κ3) is 5.03. The molecule has 3 aromatic rings. The van der Waals surface area contributed by atoms with E-state index in [1.807, 2.05) is 38.1 Å². The first kappa shape index (κ1) is 20.8. The Morgan fingerprint density at radius 3 is 2.30 bits per heavy atom. The van der Waals surface area contributed by atoms with E-state index in [0.717, 1.165) is 10.1 Å². The quantitative estimate of drug-likeness (QED) is 0.494. The average Bonchev–Trinajstić information content (AvgIpc) is 3.01. The van der Waals surface area contributed by atoms with Crippen molar-refractivity contribution in [2.24, 2.45) is 0 Å². The highest BCUT2D eigenvalue weighted by Gasteiger charge is 2.17. The van der Waals surface area contributed by atoms with E-state index >= 15 is 0 Å². The molecule has 0 unspecified atom stereocenters. The van der Waals surface area contributed by atoms with Gasteiger partial charge in [-0.3, -0.25) is 10.1 Å². The van der Waals surface area contributed by atoms with Crippen LogP contribution < -0.4 is 10.6 Å². The second kappa shape index (κ2) is 9.45. The topological polar surface area (TPSA) is 78.4 Å². The Labute approximate surface area is 171 Å². The summed E-state index contributed by atoms with van der Waals surface area (Å²) < 4.78 is 0.917. The molecule has 1 aromatic heterocycles. The molecule has 1 amide bonds. The van der Waals surface area contributed by atoms with Crippen LogP contribution in [0.1, 0.15) is 33.9 Å². The number of amides is 1. The Balaban J connectivity index is 0.00000126. The van der Waals surface area contributed by atoms with Gasteiger partial charge in [0.1, 0.15) is 4.88 Å². The molecule has 0 spiro atoms. The van der Waals surface area contributed by atoms with E-state index in [1.54, 1.807) is 12.1 Å².